The third-order valence-electron chi connectivity index (χ3n) is 4.67. The van der Waals surface area contributed by atoms with Crippen LogP contribution in [0.5, 0.6) is 0 Å². The van der Waals surface area contributed by atoms with Crippen LogP contribution in [0.4, 0.5) is 5.82 Å². The van der Waals surface area contributed by atoms with Crippen LogP contribution in [0, 0.1) is 6.92 Å². The van der Waals surface area contributed by atoms with Crippen LogP contribution in [0.3, 0.4) is 0 Å². The second kappa shape index (κ2) is 9.19. The monoisotopic (exact) mass is 419 g/mol. The van der Waals surface area contributed by atoms with Gasteiger partial charge in [0.15, 0.2) is 0 Å². The number of carbonyl (C=O) groups is 3. The van der Waals surface area contributed by atoms with Gasteiger partial charge in [0.2, 0.25) is 5.91 Å². The molecule has 0 spiro atoms. The first-order valence-corrected chi connectivity index (χ1v) is 10.3. The molecule has 1 saturated heterocycles. The van der Waals surface area contributed by atoms with Gasteiger partial charge in [-0.3, -0.25) is 19.2 Å². The summed E-state index contributed by atoms with van der Waals surface area (Å²) in [5.74, 6) is -0.406. The van der Waals surface area contributed by atoms with E-state index in [1.807, 2.05) is 28.9 Å². The number of anilines is 1. The molecule has 2 aromatic rings. The molecule has 1 fully saturated rings. The Morgan fingerprint density at radius 2 is 1.93 bits per heavy atom. The highest BCUT2D eigenvalue weighted by Gasteiger charge is 2.25. The number of thiophene rings is 1. The maximum atomic E-state index is 12.5. The number of hydrogen-bond donors (Lipinski definition) is 1. The third-order valence-corrected chi connectivity index (χ3v) is 5.66. The Labute approximate surface area is 173 Å². The highest BCUT2D eigenvalue weighted by atomic mass is 32.1. The SMILES string of the molecule is CCOC(=O)c1cnn(C)c1NC(=O)CN1CCN(C(=O)c2ccc(C)s2)CC1. The maximum Gasteiger partial charge on any atom is 0.343 e. The van der Waals surface area contributed by atoms with Crippen LogP contribution in [0.2, 0.25) is 0 Å². The second-order valence-corrected chi connectivity index (χ2v) is 8.07. The predicted octanol–water partition coefficient (Wildman–Crippen LogP) is 1.36. The van der Waals surface area contributed by atoms with Crippen molar-refractivity contribution in [3.63, 3.8) is 0 Å². The lowest BCUT2D eigenvalue weighted by Gasteiger charge is -2.34. The van der Waals surface area contributed by atoms with E-state index in [0.717, 1.165) is 9.75 Å². The van der Waals surface area contributed by atoms with Crippen molar-refractivity contribution in [2.24, 2.45) is 7.05 Å². The number of aromatic nitrogens is 2. The quantitative estimate of drug-likeness (QED) is 0.711. The number of carbonyl (C=O) groups excluding carboxylic acids is 3. The summed E-state index contributed by atoms with van der Waals surface area (Å²) in [6.07, 6.45) is 1.38. The van der Waals surface area contributed by atoms with Gasteiger partial charge in [0.25, 0.3) is 5.91 Å². The molecule has 2 aromatic heterocycles. The lowest BCUT2D eigenvalue weighted by atomic mass is 10.2. The molecule has 0 aliphatic carbocycles. The van der Waals surface area contributed by atoms with Gasteiger partial charge in [0, 0.05) is 38.1 Å². The van der Waals surface area contributed by atoms with Crippen molar-refractivity contribution in [2.45, 2.75) is 13.8 Å². The fourth-order valence-electron chi connectivity index (χ4n) is 3.13. The van der Waals surface area contributed by atoms with E-state index in [9.17, 15) is 14.4 Å². The van der Waals surface area contributed by atoms with Crippen molar-refractivity contribution in [1.29, 1.82) is 0 Å². The number of hydrogen-bond acceptors (Lipinski definition) is 7. The lowest BCUT2D eigenvalue weighted by Crippen LogP contribution is -2.50. The Morgan fingerprint density at radius 3 is 2.55 bits per heavy atom. The van der Waals surface area contributed by atoms with Gasteiger partial charge in [-0.05, 0) is 26.0 Å². The second-order valence-electron chi connectivity index (χ2n) is 6.78. The molecule has 3 heterocycles. The molecule has 3 rings (SSSR count). The van der Waals surface area contributed by atoms with E-state index < -0.39 is 5.97 Å². The molecule has 0 radical (unpaired) electrons. The fourth-order valence-corrected chi connectivity index (χ4v) is 3.97. The average Bonchev–Trinajstić information content (AvgIpc) is 3.28. The van der Waals surface area contributed by atoms with Crippen LogP contribution in [0.15, 0.2) is 18.3 Å². The van der Waals surface area contributed by atoms with Crippen molar-refractivity contribution in [3.8, 4) is 0 Å². The van der Waals surface area contributed by atoms with E-state index in [4.69, 9.17) is 4.74 Å². The minimum atomic E-state index is -0.521. The molecule has 0 atom stereocenters. The first-order valence-electron chi connectivity index (χ1n) is 9.46. The summed E-state index contributed by atoms with van der Waals surface area (Å²) in [4.78, 5) is 42.7. The number of amides is 2. The first-order chi connectivity index (χ1) is 13.9. The van der Waals surface area contributed by atoms with Crippen LogP contribution in [-0.2, 0) is 16.6 Å². The summed E-state index contributed by atoms with van der Waals surface area (Å²) in [6, 6.07) is 3.80. The lowest BCUT2D eigenvalue weighted by molar-refractivity contribution is -0.117. The highest BCUT2D eigenvalue weighted by molar-refractivity contribution is 7.13. The summed E-state index contributed by atoms with van der Waals surface area (Å²) in [5.41, 5.74) is 0.226. The zero-order chi connectivity index (χ0) is 21.0. The molecule has 1 aliphatic rings. The smallest absolute Gasteiger partial charge is 0.343 e. The molecule has 10 heteroatoms. The number of rotatable bonds is 6. The van der Waals surface area contributed by atoms with Gasteiger partial charge in [-0.25, -0.2) is 4.79 Å². The molecule has 156 valence electrons. The fraction of sp³-hybridized carbons (Fsp3) is 0.474. The highest BCUT2D eigenvalue weighted by Crippen LogP contribution is 2.19. The Balaban J connectivity index is 1.52. The number of esters is 1. The van der Waals surface area contributed by atoms with Crippen molar-refractivity contribution in [1.82, 2.24) is 19.6 Å². The van der Waals surface area contributed by atoms with E-state index in [0.29, 0.717) is 32.0 Å². The standard InChI is InChI=1S/C19H25N5O4S/c1-4-28-19(27)14-11-20-22(3)17(14)21-16(25)12-23-7-9-24(10-8-23)18(26)15-6-5-13(2)29-15/h5-6,11H,4,7-10,12H2,1-3H3,(H,21,25). The molecular weight excluding hydrogens is 394 g/mol. The van der Waals surface area contributed by atoms with E-state index in [2.05, 4.69) is 10.4 Å². The summed E-state index contributed by atoms with van der Waals surface area (Å²) in [7, 11) is 1.65. The number of ether oxygens (including phenoxy) is 1. The molecular formula is C19H25N5O4S. The molecule has 0 bridgehead atoms. The Morgan fingerprint density at radius 1 is 1.21 bits per heavy atom. The van der Waals surface area contributed by atoms with Crippen LogP contribution < -0.4 is 5.32 Å². The van der Waals surface area contributed by atoms with Gasteiger partial charge in [-0.2, -0.15) is 5.10 Å². The van der Waals surface area contributed by atoms with E-state index >= 15 is 0 Å². The Bertz CT molecular complexity index is 898. The number of nitrogens with one attached hydrogen (secondary N) is 1. The topological polar surface area (TPSA) is 96.8 Å². The predicted molar refractivity (Wildman–Crippen MR) is 109 cm³/mol. The van der Waals surface area contributed by atoms with Gasteiger partial charge >= 0.3 is 5.97 Å². The molecule has 2 amide bonds. The molecule has 1 aliphatic heterocycles. The van der Waals surface area contributed by atoms with Crippen molar-refractivity contribution < 1.29 is 19.1 Å². The summed E-state index contributed by atoms with van der Waals surface area (Å²) < 4.78 is 6.43. The van der Waals surface area contributed by atoms with Gasteiger partial charge in [0.05, 0.1) is 24.2 Å². The van der Waals surface area contributed by atoms with Crippen molar-refractivity contribution in [2.75, 3.05) is 44.6 Å². The Kier molecular flexibility index (Phi) is 6.65. The van der Waals surface area contributed by atoms with E-state index in [1.54, 1.807) is 14.0 Å². The normalized spacial score (nSPS) is 14.7. The van der Waals surface area contributed by atoms with Crippen molar-refractivity contribution in [3.05, 3.63) is 33.6 Å². The third kappa shape index (κ3) is 5.01. The van der Waals surface area contributed by atoms with Gasteiger partial charge < -0.3 is 15.0 Å². The molecule has 0 unspecified atom stereocenters. The largest absolute Gasteiger partial charge is 0.462 e. The molecule has 0 aromatic carbocycles. The number of aryl methyl sites for hydroxylation is 2. The first kappa shape index (κ1) is 21.0. The Hall–Kier alpha value is -2.72. The number of nitrogens with zero attached hydrogens (tertiary/aromatic N) is 4. The van der Waals surface area contributed by atoms with E-state index in [-0.39, 0.29) is 30.5 Å². The minimum Gasteiger partial charge on any atom is -0.462 e. The van der Waals surface area contributed by atoms with Gasteiger partial charge in [-0.1, -0.05) is 0 Å². The van der Waals surface area contributed by atoms with Crippen LogP contribution >= 0.6 is 11.3 Å². The molecule has 1 N–H and O–H groups in total. The van der Waals surface area contributed by atoms with Crippen LogP contribution in [-0.4, -0.2) is 76.7 Å². The van der Waals surface area contributed by atoms with Crippen LogP contribution in [0.1, 0.15) is 31.8 Å². The minimum absolute atomic E-state index is 0.0427. The summed E-state index contributed by atoms with van der Waals surface area (Å²) >= 11 is 1.50. The maximum absolute atomic E-state index is 12.5. The van der Waals surface area contributed by atoms with Gasteiger partial charge in [0.1, 0.15) is 11.4 Å². The molecule has 29 heavy (non-hydrogen) atoms. The van der Waals surface area contributed by atoms with E-state index in [1.165, 1.54) is 22.2 Å². The molecule has 9 nitrogen and oxygen atoms in total. The molecule has 0 saturated carbocycles. The zero-order valence-electron chi connectivity index (χ0n) is 16.8. The van der Waals surface area contributed by atoms with Gasteiger partial charge in [-0.15, -0.1) is 11.3 Å². The summed E-state index contributed by atoms with van der Waals surface area (Å²) in [5, 5.41) is 6.77. The average molecular weight is 420 g/mol. The number of piperazine rings is 1. The van der Waals surface area contributed by atoms with Crippen molar-refractivity contribution >= 4 is 34.9 Å². The van der Waals surface area contributed by atoms with Crippen LogP contribution in [0.25, 0.3) is 0 Å². The zero-order valence-corrected chi connectivity index (χ0v) is 17.6. The summed E-state index contributed by atoms with van der Waals surface area (Å²) in [6.45, 7) is 6.48.